The molecule has 1 fully saturated rings. The van der Waals surface area contributed by atoms with E-state index >= 15 is 0 Å². The molecule has 1 atom stereocenters. The highest BCUT2D eigenvalue weighted by Gasteiger charge is 2.27. The van der Waals surface area contributed by atoms with Crippen LogP contribution in [0.1, 0.15) is 30.3 Å². The number of likely N-dealkylation sites (tertiary alicyclic amines) is 1. The Balaban J connectivity index is 1.32. The molecule has 2 aliphatic heterocycles. The van der Waals surface area contributed by atoms with E-state index in [0.717, 1.165) is 65.3 Å². The quantitative estimate of drug-likeness (QED) is 0.638. The number of amides is 1. The summed E-state index contributed by atoms with van der Waals surface area (Å²) in [5.41, 5.74) is 9.23. The zero-order chi connectivity index (χ0) is 20.5. The molecule has 2 aromatic carbocycles. The summed E-state index contributed by atoms with van der Waals surface area (Å²) in [5, 5.41) is 1.63. The number of imidazole rings is 1. The molecule has 5 rings (SSSR count). The predicted molar refractivity (Wildman–Crippen MR) is 114 cm³/mol. The van der Waals surface area contributed by atoms with Crippen LogP contribution in [0.2, 0.25) is 0 Å². The first kappa shape index (κ1) is 18.4. The van der Waals surface area contributed by atoms with E-state index in [1.165, 1.54) is 0 Å². The van der Waals surface area contributed by atoms with Crippen LogP contribution in [-0.4, -0.2) is 39.9 Å². The van der Waals surface area contributed by atoms with Gasteiger partial charge in [0.25, 0.3) is 0 Å². The summed E-state index contributed by atoms with van der Waals surface area (Å²) in [6.07, 6.45) is 6.65. The van der Waals surface area contributed by atoms with Gasteiger partial charge in [0, 0.05) is 19.2 Å². The minimum atomic E-state index is 0.0590. The van der Waals surface area contributed by atoms with E-state index in [-0.39, 0.29) is 6.04 Å². The van der Waals surface area contributed by atoms with Gasteiger partial charge in [0.05, 0.1) is 29.8 Å². The lowest BCUT2D eigenvalue weighted by Crippen LogP contribution is -2.21. The number of nitrogens with one attached hydrogen (secondary N) is 2. The molecule has 7 heteroatoms. The van der Waals surface area contributed by atoms with Crippen LogP contribution in [0.15, 0.2) is 60.9 Å². The highest BCUT2D eigenvalue weighted by Crippen LogP contribution is 2.31. The highest BCUT2D eigenvalue weighted by molar-refractivity contribution is 5.71. The molecule has 1 amide bonds. The van der Waals surface area contributed by atoms with Crippen molar-refractivity contribution in [1.82, 2.24) is 25.4 Å². The van der Waals surface area contributed by atoms with Crippen molar-refractivity contribution < 1.29 is 9.73 Å². The van der Waals surface area contributed by atoms with Gasteiger partial charge in [0.2, 0.25) is 6.41 Å². The van der Waals surface area contributed by atoms with Crippen molar-refractivity contribution in [2.45, 2.75) is 18.9 Å². The summed E-state index contributed by atoms with van der Waals surface area (Å²) in [6, 6.07) is 16.8. The van der Waals surface area contributed by atoms with Gasteiger partial charge in [0.15, 0.2) is 0 Å². The number of aromatic amines is 1. The third-order valence-electron chi connectivity index (χ3n) is 5.68. The standard InChI is InChI=1S/C23H23N5O2/c1-27-14-21(26-30-27)19-10-6-17(7-11-19)16-4-8-18(9-5-16)20-13-24-23(25-20)22-3-2-12-28(22)15-29/h4-11,13-15,22,26H,2-3,12H2,1H3,(H,24,25). The lowest BCUT2D eigenvalue weighted by Gasteiger charge is -2.17. The van der Waals surface area contributed by atoms with Crippen molar-refractivity contribution in [2.75, 3.05) is 13.6 Å². The lowest BCUT2D eigenvalue weighted by atomic mass is 10.0. The van der Waals surface area contributed by atoms with Gasteiger partial charge in [-0.05, 0) is 29.5 Å². The molecule has 2 N–H and O–H groups in total. The van der Waals surface area contributed by atoms with Crippen LogP contribution in [0.3, 0.4) is 0 Å². The van der Waals surface area contributed by atoms with Crippen molar-refractivity contribution >= 4 is 12.1 Å². The average molecular weight is 401 g/mol. The molecule has 152 valence electrons. The van der Waals surface area contributed by atoms with Gasteiger partial charge < -0.3 is 9.88 Å². The topological polar surface area (TPSA) is 73.5 Å². The van der Waals surface area contributed by atoms with Gasteiger partial charge in [-0.15, -0.1) is 0 Å². The van der Waals surface area contributed by atoms with Crippen molar-refractivity contribution in [3.63, 3.8) is 0 Å². The Morgan fingerprint density at radius 3 is 2.33 bits per heavy atom. The van der Waals surface area contributed by atoms with E-state index in [1.54, 1.807) is 5.06 Å². The number of hydrogen-bond acceptors (Lipinski definition) is 5. The van der Waals surface area contributed by atoms with Crippen molar-refractivity contribution in [1.29, 1.82) is 0 Å². The fourth-order valence-electron chi connectivity index (χ4n) is 4.04. The molecule has 0 radical (unpaired) electrons. The number of hydroxylamine groups is 3. The SMILES string of the molecule is CN1C=C(c2ccc(-c3ccc(-c4cnc(C5CCCN5C=O)[nH]4)cc3)cc2)NO1. The third-order valence-corrected chi connectivity index (χ3v) is 5.68. The average Bonchev–Trinajstić information content (AvgIpc) is 3.54. The minimum absolute atomic E-state index is 0.0590. The Labute approximate surface area is 174 Å². The molecule has 0 aliphatic carbocycles. The highest BCUT2D eigenvalue weighted by atomic mass is 16.8. The monoisotopic (exact) mass is 401 g/mol. The Hall–Kier alpha value is -3.58. The molecule has 0 saturated carbocycles. The normalized spacial score (nSPS) is 18.4. The molecule has 30 heavy (non-hydrogen) atoms. The number of carbonyl (C=O) groups is 1. The first-order valence-electron chi connectivity index (χ1n) is 10.1. The molecule has 0 bridgehead atoms. The first-order chi connectivity index (χ1) is 14.7. The maximum Gasteiger partial charge on any atom is 0.210 e. The molecule has 3 heterocycles. The van der Waals surface area contributed by atoms with Gasteiger partial charge in [0.1, 0.15) is 5.82 Å². The predicted octanol–water partition coefficient (Wildman–Crippen LogP) is 3.72. The van der Waals surface area contributed by atoms with Crippen LogP contribution in [0.5, 0.6) is 0 Å². The number of benzene rings is 2. The summed E-state index contributed by atoms with van der Waals surface area (Å²) < 4.78 is 0. The van der Waals surface area contributed by atoms with Gasteiger partial charge in [-0.2, -0.15) is 4.94 Å². The number of rotatable bonds is 5. The van der Waals surface area contributed by atoms with E-state index < -0.39 is 0 Å². The van der Waals surface area contributed by atoms with E-state index in [1.807, 2.05) is 24.3 Å². The zero-order valence-corrected chi connectivity index (χ0v) is 16.7. The fraction of sp³-hybridized carbons (Fsp3) is 0.217. The van der Waals surface area contributed by atoms with Gasteiger partial charge >= 0.3 is 0 Å². The van der Waals surface area contributed by atoms with E-state index in [2.05, 4.69) is 64.0 Å². The second kappa shape index (κ2) is 7.68. The maximum absolute atomic E-state index is 11.2. The second-order valence-corrected chi connectivity index (χ2v) is 7.62. The Kier molecular flexibility index (Phi) is 4.72. The number of H-pyrrole nitrogens is 1. The smallest absolute Gasteiger partial charge is 0.210 e. The molecule has 3 aromatic rings. The summed E-state index contributed by atoms with van der Waals surface area (Å²) in [5.74, 6) is 0.860. The van der Waals surface area contributed by atoms with E-state index in [0.29, 0.717) is 0 Å². The van der Waals surface area contributed by atoms with Gasteiger partial charge in [-0.3, -0.25) is 4.79 Å². The van der Waals surface area contributed by atoms with Crippen LogP contribution in [0, 0.1) is 0 Å². The number of carbonyl (C=O) groups excluding carboxylic acids is 1. The summed E-state index contributed by atoms with van der Waals surface area (Å²) in [7, 11) is 1.84. The number of hydrogen-bond donors (Lipinski definition) is 2. The lowest BCUT2D eigenvalue weighted by molar-refractivity contribution is -0.121. The molecule has 1 aromatic heterocycles. The molecule has 1 unspecified atom stereocenters. The van der Waals surface area contributed by atoms with Crippen LogP contribution >= 0.6 is 0 Å². The van der Waals surface area contributed by atoms with Gasteiger partial charge in [-0.25, -0.2) is 15.5 Å². The minimum Gasteiger partial charge on any atom is -0.340 e. The van der Waals surface area contributed by atoms with E-state index in [4.69, 9.17) is 4.94 Å². The van der Waals surface area contributed by atoms with Crippen LogP contribution in [-0.2, 0) is 9.73 Å². The third kappa shape index (κ3) is 3.44. The molecular weight excluding hydrogens is 378 g/mol. The first-order valence-corrected chi connectivity index (χ1v) is 10.1. The maximum atomic E-state index is 11.2. The number of nitrogens with zero attached hydrogens (tertiary/aromatic N) is 3. The zero-order valence-electron chi connectivity index (χ0n) is 16.7. The number of aromatic nitrogens is 2. The molecule has 7 nitrogen and oxygen atoms in total. The van der Waals surface area contributed by atoms with Crippen molar-refractivity contribution in [3.05, 3.63) is 72.3 Å². The molecular formula is C23H23N5O2. The molecule has 1 saturated heterocycles. The van der Waals surface area contributed by atoms with Gasteiger partial charge in [-0.1, -0.05) is 48.5 Å². The van der Waals surface area contributed by atoms with Crippen LogP contribution in [0.25, 0.3) is 28.1 Å². The van der Waals surface area contributed by atoms with Crippen LogP contribution in [0.4, 0.5) is 0 Å². The van der Waals surface area contributed by atoms with Crippen LogP contribution < -0.4 is 5.48 Å². The van der Waals surface area contributed by atoms with Crippen molar-refractivity contribution in [2.24, 2.45) is 0 Å². The largest absolute Gasteiger partial charge is 0.340 e. The molecule has 2 aliphatic rings. The summed E-state index contributed by atoms with van der Waals surface area (Å²) in [6.45, 7) is 0.800. The Bertz CT molecular complexity index is 1070. The Morgan fingerprint density at radius 1 is 1.03 bits per heavy atom. The summed E-state index contributed by atoms with van der Waals surface area (Å²) in [4.78, 5) is 26.2. The van der Waals surface area contributed by atoms with Crippen molar-refractivity contribution in [3.8, 4) is 22.4 Å². The fourth-order valence-corrected chi connectivity index (χ4v) is 4.04. The summed E-state index contributed by atoms with van der Waals surface area (Å²) >= 11 is 0. The Morgan fingerprint density at radius 2 is 1.70 bits per heavy atom. The van der Waals surface area contributed by atoms with E-state index in [9.17, 15) is 4.79 Å². The molecule has 0 spiro atoms. The second-order valence-electron chi connectivity index (χ2n) is 7.62.